The minimum atomic E-state index is -0.563. The Bertz CT molecular complexity index is 1300. The molecule has 0 aromatic heterocycles. The Balaban J connectivity index is 4.35. The summed E-state index contributed by atoms with van der Waals surface area (Å²) in [4.78, 5) is 25.5. The maximum Gasteiger partial charge on any atom is 0.306 e. The van der Waals surface area contributed by atoms with E-state index < -0.39 is 6.10 Å². The van der Waals surface area contributed by atoms with Crippen LogP contribution >= 0.6 is 0 Å². The van der Waals surface area contributed by atoms with Crippen molar-refractivity contribution in [2.75, 3.05) is 19.8 Å². The summed E-state index contributed by atoms with van der Waals surface area (Å²) in [5.74, 6) is -0.449. The Morgan fingerprint density at radius 2 is 0.662 bits per heavy atom. The van der Waals surface area contributed by atoms with E-state index >= 15 is 0 Å². The van der Waals surface area contributed by atoms with E-state index in [4.69, 9.17) is 14.2 Å². The SMILES string of the molecule is CC/C=C\C/C=C\C/C=C\C/C=C\C/C=C\CCCCCC(=O)OCC(COCCCCCCCCCCCCCCCCCCCC)OC(=O)CCCCCCC/C=C\C/C=C\C/C=C\CC. The lowest BCUT2D eigenvalue weighted by molar-refractivity contribution is -0.163. The third-order valence-electron chi connectivity index (χ3n) is 12.1. The molecule has 0 amide bonds. The smallest absolute Gasteiger partial charge is 0.306 e. The van der Waals surface area contributed by atoms with Crippen LogP contribution in [-0.4, -0.2) is 37.9 Å². The first kappa shape index (κ1) is 64.8. The van der Waals surface area contributed by atoms with Crippen LogP contribution in [0.1, 0.15) is 265 Å². The van der Waals surface area contributed by atoms with E-state index in [1.54, 1.807) is 0 Å². The Morgan fingerprint density at radius 1 is 0.338 bits per heavy atom. The van der Waals surface area contributed by atoms with E-state index in [1.165, 1.54) is 116 Å². The van der Waals surface area contributed by atoms with Crippen LogP contribution < -0.4 is 0 Å². The van der Waals surface area contributed by atoms with Gasteiger partial charge < -0.3 is 14.2 Å². The fourth-order valence-corrected chi connectivity index (χ4v) is 7.90. The van der Waals surface area contributed by atoms with Crippen LogP contribution in [0.5, 0.6) is 0 Å². The van der Waals surface area contributed by atoms with E-state index in [9.17, 15) is 9.59 Å². The summed E-state index contributed by atoms with van der Waals surface area (Å²) < 4.78 is 17.4. The van der Waals surface area contributed by atoms with Crippen LogP contribution in [0.4, 0.5) is 0 Å². The second-order valence-corrected chi connectivity index (χ2v) is 18.8. The fraction of sp³-hybridized carbons (Fsp3) is 0.714. The molecule has 0 rings (SSSR count). The molecule has 5 nitrogen and oxygen atoms in total. The summed E-state index contributed by atoms with van der Waals surface area (Å²) in [5, 5.41) is 0. The van der Waals surface area contributed by atoms with E-state index in [0.717, 1.165) is 116 Å². The summed E-state index contributed by atoms with van der Waals surface area (Å²) in [6.45, 7) is 7.58. The number of carbonyl (C=O) groups is 2. The lowest BCUT2D eigenvalue weighted by Gasteiger charge is -2.18. The average Bonchev–Trinajstić information content (AvgIpc) is 3.34. The highest BCUT2D eigenvalue weighted by molar-refractivity contribution is 5.70. The molecule has 0 bridgehead atoms. The number of allylic oxidation sites excluding steroid dienone is 16. The van der Waals surface area contributed by atoms with Crippen molar-refractivity contribution in [3.05, 3.63) is 97.2 Å². The maximum atomic E-state index is 12.8. The van der Waals surface area contributed by atoms with Gasteiger partial charge in [0.15, 0.2) is 6.10 Å². The number of hydrogen-bond donors (Lipinski definition) is 0. The van der Waals surface area contributed by atoms with Crippen molar-refractivity contribution >= 4 is 11.9 Å². The van der Waals surface area contributed by atoms with Crippen molar-refractivity contribution in [2.45, 2.75) is 271 Å². The molecule has 0 spiro atoms. The number of carbonyl (C=O) groups excluding carboxylic acids is 2. The number of rotatable bonds is 52. The maximum absolute atomic E-state index is 12.8. The molecule has 1 atom stereocenters. The van der Waals surface area contributed by atoms with E-state index in [2.05, 4.69) is 118 Å². The van der Waals surface area contributed by atoms with Gasteiger partial charge in [-0.25, -0.2) is 0 Å². The molecule has 0 aliphatic heterocycles. The Labute approximate surface area is 422 Å². The summed E-state index contributed by atoms with van der Waals surface area (Å²) in [7, 11) is 0. The quantitative estimate of drug-likeness (QED) is 0.0345. The normalized spacial score (nSPS) is 12.9. The van der Waals surface area contributed by atoms with Gasteiger partial charge in [0.25, 0.3) is 0 Å². The number of esters is 2. The van der Waals surface area contributed by atoms with E-state index in [-0.39, 0.29) is 25.2 Å². The summed E-state index contributed by atoms with van der Waals surface area (Å²) in [6.07, 6.45) is 78.6. The second kappa shape index (κ2) is 58.1. The molecule has 5 heteroatoms. The van der Waals surface area contributed by atoms with Crippen molar-refractivity contribution in [3.63, 3.8) is 0 Å². The van der Waals surface area contributed by atoms with Crippen molar-refractivity contribution in [2.24, 2.45) is 0 Å². The van der Waals surface area contributed by atoms with Crippen molar-refractivity contribution in [1.29, 1.82) is 0 Å². The Morgan fingerprint density at radius 3 is 1.07 bits per heavy atom. The monoisotopic (exact) mass is 945 g/mol. The van der Waals surface area contributed by atoms with Gasteiger partial charge in [0.1, 0.15) is 6.61 Å². The highest BCUT2D eigenvalue weighted by Crippen LogP contribution is 2.15. The van der Waals surface area contributed by atoms with Crippen LogP contribution in [-0.2, 0) is 23.8 Å². The van der Waals surface area contributed by atoms with Crippen LogP contribution in [0.25, 0.3) is 0 Å². The van der Waals surface area contributed by atoms with Crippen LogP contribution in [0.15, 0.2) is 97.2 Å². The lowest BCUT2D eigenvalue weighted by atomic mass is 10.0. The van der Waals surface area contributed by atoms with Gasteiger partial charge in [-0.05, 0) is 96.3 Å². The first-order chi connectivity index (χ1) is 33.6. The van der Waals surface area contributed by atoms with Crippen LogP contribution in [0.3, 0.4) is 0 Å². The van der Waals surface area contributed by atoms with Gasteiger partial charge in [-0.15, -0.1) is 0 Å². The summed E-state index contributed by atoms with van der Waals surface area (Å²) in [5.41, 5.74) is 0. The molecule has 0 aliphatic rings. The molecular weight excluding hydrogens is 837 g/mol. The van der Waals surface area contributed by atoms with Gasteiger partial charge in [-0.1, -0.05) is 253 Å². The fourth-order valence-electron chi connectivity index (χ4n) is 7.90. The van der Waals surface area contributed by atoms with Gasteiger partial charge >= 0.3 is 11.9 Å². The molecule has 0 aliphatic carbocycles. The Hall–Kier alpha value is -3.18. The zero-order chi connectivity index (χ0) is 49.2. The third kappa shape index (κ3) is 55.4. The van der Waals surface area contributed by atoms with E-state index in [0.29, 0.717) is 19.4 Å². The highest BCUT2D eigenvalue weighted by atomic mass is 16.6. The molecule has 0 aromatic carbocycles. The van der Waals surface area contributed by atoms with Gasteiger partial charge in [0.05, 0.1) is 6.61 Å². The number of ether oxygens (including phenoxy) is 3. The lowest BCUT2D eigenvalue weighted by Crippen LogP contribution is -2.30. The molecule has 0 saturated carbocycles. The van der Waals surface area contributed by atoms with Gasteiger partial charge in [0, 0.05) is 19.4 Å². The minimum Gasteiger partial charge on any atom is -0.462 e. The first-order valence-electron chi connectivity index (χ1n) is 28.8. The number of unbranched alkanes of at least 4 members (excludes halogenated alkanes) is 25. The summed E-state index contributed by atoms with van der Waals surface area (Å²) in [6, 6.07) is 0. The van der Waals surface area contributed by atoms with Crippen molar-refractivity contribution in [1.82, 2.24) is 0 Å². The van der Waals surface area contributed by atoms with Crippen LogP contribution in [0, 0.1) is 0 Å². The molecule has 0 N–H and O–H groups in total. The van der Waals surface area contributed by atoms with Crippen molar-refractivity contribution < 1.29 is 23.8 Å². The molecule has 0 radical (unpaired) electrons. The summed E-state index contributed by atoms with van der Waals surface area (Å²) >= 11 is 0. The highest BCUT2D eigenvalue weighted by Gasteiger charge is 2.17. The molecule has 0 aromatic rings. The van der Waals surface area contributed by atoms with Gasteiger partial charge in [-0.3, -0.25) is 9.59 Å². The topological polar surface area (TPSA) is 61.8 Å². The van der Waals surface area contributed by atoms with Gasteiger partial charge in [-0.2, -0.15) is 0 Å². The van der Waals surface area contributed by atoms with Crippen LogP contribution in [0.2, 0.25) is 0 Å². The standard InChI is InChI=1S/C63H108O5/c1-4-7-10-13-16-19-22-25-28-30-32-33-36-38-41-44-47-50-53-56-62(64)67-60-61(68-63(65)57-54-51-48-45-42-39-35-27-24-21-18-15-12-9-6-3)59-66-58-55-52-49-46-43-40-37-34-31-29-26-23-20-17-14-11-8-5-2/h7,9-10,12,16,18-19,21,25,27-28,32-33,35,38,41,61H,4-6,8,11,13-15,17,20,22-24,26,29-31,34,36-37,39-40,42-60H2,1-3H3/b10-7-,12-9-,19-16-,21-18-,28-25-,33-32-,35-27-,41-38-. The Kier molecular flexibility index (Phi) is 55.4. The third-order valence-corrected chi connectivity index (χ3v) is 12.1. The molecule has 0 fully saturated rings. The average molecular weight is 946 g/mol. The van der Waals surface area contributed by atoms with Crippen molar-refractivity contribution in [3.8, 4) is 0 Å². The largest absolute Gasteiger partial charge is 0.462 e. The molecule has 0 saturated heterocycles. The predicted octanol–water partition coefficient (Wildman–Crippen LogP) is 19.8. The molecule has 1 unspecified atom stereocenters. The predicted molar refractivity (Wildman–Crippen MR) is 297 cm³/mol. The molecule has 0 heterocycles. The molecular formula is C63H108O5. The molecule has 390 valence electrons. The zero-order valence-corrected chi connectivity index (χ0v) is 44.8. The second-order valence-electron chi connectivity index (χ2n) is 18.8. The zero-order valence-electron chi connectivity index (χ0n) is 44.8. The minimum absolute atomic E-state index is 0.0585. The number of hydrogen-bond acceptors (Lipinski definition) is 5. The first-order valence-corrected chi connectivity index (χ1v) is 28.8. The molecule has 68 heavy (non-hydrogen) atoms. The van der Waals surface area contributed by atoms with E-state index in [1.807, 2.05) is 0 Å². The van der Waals surface area contributed by atoms with Gasteiger partial charge in [0.2, 0.25) is 0 Å².